The third-order valence-corrected chi connectivity index (χ3v) is 5.54. The van der Waals surface area contributed by atoms with E-state index >= 15 is 0 Å². The first-order valence-electron chi connectivity index (χ1n) is 9.59. The second-order valence-corrected chi connectivity index (χ2v) is 7.53. The number of halogens is 2. The summed E-state index contributed by atoms with van der Waals surface area (Å²) in [6.45, 7) is 4.74. The first-order chi connectivity index (χ1) is 14.1. The van der Waals surface area contributed by atoms with E-state index in [1.54, 1.807) is 25.5 Å². The van der Waals surface area contributed by atoms with E-state index in [4.69, 9.17) is 20.8 Å². The molecule has 1 aromatic heterocycles. The third-order valence-electron chi connectivity index (χ3n) is 5.18. The summed E-state index contributed by atoms with van der Waals surface area (Å²) in [4.78, 5) is 9.17. The Balaban J connectivity index is 1.31. The van der Waals surface area contributed by atoms with Crippen molar-refractivity contribution in [3.8, 4) is 17.2 Å². The van der Waals surface area contributed by atoms with Crippen molar-refractivity contribution >= 4 is 11.6 Å². The van der Waals surface area contributed by atoms with Gasteiger partial charge in [0.15, 0.2) is 0 Å². The van der Waals surface area contributed by atoms with Crippen LogP contribution in [0.15, 0.2) is 53.1 Å². The zero-order valence-corrected chi connectivity index (χ0v) is 17.0. The highest BCUT2D eigenvalue weighted by Gasteiger charge is 2.20. The van der Waals surface area contributed by atoms with Crippen molar-refractivity contribution < 1.29 is 13.5 Å². The van der Waals surface area contributed by atoms with E-state index in [9.17, 15) is 4.39 Å². The summed E-state index contributed by atoms with van der Waals surface area (Å²) in [5, 5.41) is 0.487. The van der Waals surface area contributed by atoms with Crippen molar-refractivity contribution in [1.29, 1.82) is 0 Å². The molecule has 1 aliphatic rings. The molecular formula is C22H23ClFN3O2. The molecule has 0 aliphatic carbocycles. The zero-order chi connectivity index (χ0) is 20.2. The van der Waals surface area contributed by atoms with Crippen LogP contribution in [-0.2, 0) is 13.1 Å². The Bertz CT molecular complexity index is 933. The fraction of sp³-hybridized carbons (Fsp3) is 0.318. The highest BCUT2D eigenvalue weighted by Crippen LogP contribution is 2.23. The van der Waals surface area contributed by atoms with Gasteiger partial charge in [0.2, 0.25) is 5.89 Å². The second kappa shape index (κ2) is 8.95. The molecule has 4 rings (SSSR count). The second-order valence-electron chi connectivity index (χ2n) is 7.13. The summed E-state index contributed by atoms with van der Waals surface area (Å²) in [6.07, 6.45) is 1.71. The summed E-state index contributed by atoms with van der Waals surface area (Å²) in [5.41, 5.74) is 2.40. The standard InChI is InChI=1S/C22H23ClFN3O2/c1-28-18-7-5-16(6-8-18)22-25-17(15-29-22)13-26-9-11-27(12-10-26)14-19-20(23)3-2-4-21(19)24/h2-8,15H,9-14H2,1H3. The van der Waals surface area contributed by atoms with E-state index < -0.39 is 0 Å². The number of hydrogen-bond acceptors (Lipinski definition) is 5. The molecule has 0 atom stereocenters. The molecule has 0 spiro atoms. The van der Waals surface area contributed by atoms with Gasteiger partial charge in [0.25, 0.3) is 0 Å². The molecular weight excluding hydrogens is 393 g/mol. The van der Waals surface area contributed by atoms with E-state index in [0.717, 1.165) is 49.7 Å². The molecule has 1 fully saturated rings. The first-order valence-corrected chi connectivity index (χ1v) is 9.96. The highest BCUT2D eigenvalue weighted by molar-refractivity contribution is 6.31. The van der Waals surface area contributed by atoms with Crippen LogP contribution in [0.1, 0.15) is 11.3 Å². The molecule has 0 unspecified atom stereocenters. The Kier molecular flexibility index (Phi) is 6.13. The maximum absolute atomic E-state index is 14.0. The predicted octanol–water partition coefficient (Wildman–Crippen LogP) is 4.46. The van der Waals surface area contributed by atoms with E-state index in [2.05, 4.69) is 14.8 Å². The molecule has 0 amide bonds. The lowest BCUT2D eigenvalue weighted by molar-refractivity contribution is 0.120. The summed E-state index contributed by atoms with van der Waals surface area (Å²) in [6, 6.07) is 12.5. The first kappa shape index (κ1) is 19.9. The van der Waals surface area contributed by atoms with Gasteiger partial charge >= 0.3 is 0 Å². The molecule has 5 nitrogen and oxygen atoms in total. The van der Waals surface area contributed by atoms with Crippen LogP contribution in [0, 0.1) is 5.82 Å². The van der Waals surface area contributed by atoms with E-state index in [1.165, 1.54) is 6.07 Å². The van der Waals surface area contributed by atoms with Gasteiger partial charge in [-0.1, -0.05) is 17.7 Å². The van der Waals surface area contributed by atoms with Crippen molar-refractivity contribution in [2.75, 3.05) is 33.3 Å². The van der Waals surface area contributed by atoms with Gasteiger partial charge in [0.1, 0.15) is 17.8 Å². The topological polar surface area (TPSA) is 41.7 Å². The molecule has 0 radical (unpaired) electrons. The summed E-state index contributed by atoms with van der Waals surface area (Å²) >= 11 is 6.15. The third kappa shape index (κ3) is 4.78. The molecule has 7 heteroatoms. The SMILES string of the molecule is COc1ccc(-c2nc(CN3CCN(Cc4c(F)cccc4Cl)CC3)co2)cc1. The number of rotatable bonds is 6. The van der Waals surface area contributed by atoms with Crippen LogP contribution in [0.5, 0.6) is 5.75 Å². The monoisotopic (exact) mass is 415 g/mol. The van der Waals surface area contributed by atoms with Gasteiger partial charge in [0, 0.05) is 55.4 Å². The summed E-state index contributed by atoms with van der Waals surface area (Å²) in [7, 11) is 1.64. The number of ether oxygens (including phenoxy) is 1. The molecule has 2 heterocycles. The van der Waals surface area contributed by atoms with E-state index in [1.807, 2.05) is 24.3 Å². The van der Waals surface area contributed by atoms with Crippen LogP contribution in [0.25, 0.3) is 11.5 Å². The Morgan fingerprint density at radius 3 is 2.38 bits per heavy atom. The normalized spacial score (nSPS) is 15.6. The Morgan fingerprint density at radius 2 is 1.72 bits per heavy atom. The van der Waals surface area contributed by atoms with Gasteiger partial charge in [-0.05, 0) is 36.4 Å². The molecule has 0 bridgehead atoms. The van der Waals surface area contributed by atoms with Gasteiger partial charge in [-0.25, -0.2) is 9.37 Å². The lowest BCUT2D eigenvalue weighted by Crippen LogP contribution is -2.45. The van der Waals surface area contributed by atoms with Crippen molar-refractivity contribution in [2.45, 2.75) is 13.1 Å². The Hall–Kier alpha value is -2.41. The lowest BCUT2D eigenvalue weighted by Gasteiger charge is -2.34. The smallest absolute Gasteiger partial charge is 0.226 e. The molecule has 1 aliphatic heterocycles. The van der Waals surface area contributed by atoms with Gasteiger partial charge < -0.3 is 9.15 Å². The molecule has 2 aromatic carbocycles. The zero-order valence-electron chi connectivity index (χ0n) is 16.3. The van der Waals surface area contributed by atoms with Crippen LogP contribution in [0.4, 0.5) is 4.39 Å². The number of aromatic nitrogens is 1. The van der Waals surface area contributed by atoms with Gasteiger partial charge in [0.05, 0.1) is 12.8 Å². The number of hydrogen-bond donors (Lipinski definition) is 0. The minimum Gasteiger partial charge on any atom is -0.497 e. The highest BCUT2D eigenvalue weighted by atomic mass is 35.5. The largest absolute Gasteiger partial charge is 0.497 e. The summed E-state index contributed by atoms with van der Waals surface area (Å²) in [5.74, 6) is 1.17. The van der Waals surface area contributed by atoms with E-state index in [-0.39, 0.29) is 5.82 Å². The Morgan fingerprint density at radius 1 is 1.03 bits per heavy atom. The quantitative estimate of drug-likeness (QED) is 0.594. The number of methoxy groups -OCH3 is 1. The van der Waals surface area contributed by atoms with Crippen molar-refractivity contribution in [2.24, 2.45) is 0 Å². The molecule has 3 aromatic rings. The number of nitrogens with zero attached hydrogens (tertiary/aromatic N) is 3. The van der Waals surface area contributed by atoms with Crippen LogP contribution in [0.2, 0.25) is 5.02 Å². The van der Waals surface area contributed by atoms with Crippen LogP contribution < -0.4 is 4.74 Å². The number of oxazole rings is 1. The minimum atomic E-state index is -0.242. The molecule has 152 valence electrons. The van der Waals surface area contributed by atoms with Crippen LogP contribution in [0.3, 0.4) is 0 Å². The minimum absolute atomic E-state index is 0.242. The van der Waals surface area contributed by atoms with Gasteiger partial charge in [-0.3, -0.25) is 9.80 Å². The molecule has 0 saturated carbocycles. The lowest BCUT2D eigenvalue weighted by atomic mass is 10.2. The van der Waals surface area contributed by atoms with Crippen LogP contribution in [-0.4, -0.2) is 48.1 Å². The van der Waals surface area contributed by atoms with Crippen molar-refractivity contribution in [1.82, 2.24) is 14.8 Å². The van der Waals surface area contributed by atoms with E-state index in [0.29, 0.717) is 23.0 Å². The maximum Gasteiger partial charge on any atom is 0.226 e. The molecule has 0 N–H and O–H groups in total. The molecule has 29 heavy (non-hydrogen) atoms. The Labute approximate surface area is 174 Å². The summed E-state index contributed by atoms with van der Waals surface area (Å²) < 4.78 is 24.8. The predicted molar refractivity (Wildman–Crippen MR) is 110 cm³/mol. The van der Waals surface area contributed by atoms with Gasteiger partial charge in [-0.15, -0.1) is 0 Å². The van der Waals surface area contributed by atoms with Crippen LogP contribution >= 0.6 is 11.6 Å². The van der Waals surface area contributed by atoms with Crippen molar-refractivity contribution in [3.63, 3.8) is 0 Å². The molecule has 1 saturated heterocycles. The maximum atomic E-state index is 14.0. The average molecular weight is 416 g/mol. The fourth-order valence-electron chi connectivity index (χ4n) is 3.49. The fourth-order valence-corrected chi connectivity index (χ4v) is 3.71. The van der Waals surface area contributed by atoms with Crippen molar-refractivity contribution in [3.05, 3.63) is 70.8 Å². The number of piperazine rings is 1. The van der Waals surface area contributed by atoms with Gasteiger partial charge in [-0.2, -0.15) is 0 Å². The average Bonchev–Trinajstić information content (AvgIpc) is 3.21. The number of benzene rings is 2.